The molecule has 114 valence electrons. The highest BCUT2D eigenvalue weighted by molar-refractivity contribution is 6.31. The van der Waals surface area contributed by atoms with Gasteiger partial charge in [-0.1, -0.05) is 11.6 Å². The first-order valence-corrected chi connectivity index (χ1v) is 7.19. The van der Waals surface area contributed by atoms with Gasteiger partial charge in [-0.25, -0.2) is 0 Å². The minimum Gasteiger partial charge on any atom is -0.495 e. The van der Waals surface area contributed by atoms with Crippen molar-refractivity contribution >= 4 is 29.1 Å². The van der Waals surface area contributed by atoms with Gasteiger partial charge in [-0.15, -0.1) is 0 Å². The first-order chi connectivity index (χ1) is 9.85. The van der Waals surface area contributed by atoms with Gasteiger partial charge < -0.3 is 10.1 Å². The third-order valence-electron chi connectivity index (χ3n) is 3.51. The van der Waals surface area contributed by atoms with Crippen molar-refractivity contribution in [3.8, 4) is 5.75 Å². The van der Waals surface area contributed by atoms with E-state index in [1.807, 2.05) is 26.8 Å². The minimum absolute atomic E-state index is 0.134. The Morgan fingerprint density at radius 2 is 2.05 bits per heavy atom. The number of nitrogens with one attached hydrogen (secondary N) is 1. The summed E-state index contributed by atoms with van der Waals surface area (Å²) in [6.45, 7) is 5.52. The molecule has 1 fully saturated rings. The molecular formula is C15H19ClN2O3. The topological polar surface area (TPSA) is 58.6 Å². The van der Waals surface area contributed by atoms with E-state index in [1.54, 1.807) is 6.07 Å². The van der Waals surface area contributed by atoms with Crippen LogP contribution in [0.25, 0.3) is 0 Å². The van der Waals surface area contributed by atoms with Crippen LogP contribution < -0.4 is 10.1 Å². The molecule has 0 spiro atoms. The summed E-state index contributed by atoms with van der Waals surface area (Å²) in [6, 6.07) is 2.82. The zero-order valence-corrected chi connectivity index (χ0v) is 13.3. The zero-order valence-electron chi connectivity index (χ0n) is 12.6. The SMILES string of the molecule is COc1cc(Cl)c(C)cc1NC1CC(=O)N(C(C)C)C1=O. The first-order valence-electron chi connectivity index (χ1n) is 6.81. The predicted molar refractivity (Wildman–Crippen MR) is 81.8 cm³/mol. The van der Waals surface area contributed by atoms with Gasteiger partial charge in [0.05, 0.1) is 19.2 Å². The van der Waals surface area contributed by atoms with Crippen LogP contribution in [0, 0.1) is 6.92 Å². The van der Waals surface area contributed by atoms with Gasteiger partial charge in [-0.3, -0.25) is 14.5 Å². The molecule has 1 aromatic rings. The highest BCUT2D eigenvalue weighted by Gasteiger charge is 2.40. The Hall–Kier alpha value is -1.75. The number of hydrogen-bond donors (Lipinski definition) is 1. The number of carbonyl (C=O) groups excluding carboxylic acids is 2. The van der Waals surface area contributed by atoms with Gasteiger partial charge in [0.2, 0.25) is 5.91 Å². The van der Waals surface area contributed by atoms with E-state index >= 15 is 0 Å². The van der Waals surface area contributed by atoms with Crippen molar-refractivity contribution in [3.63, 3.8) is 0 Å². The molecule has 5 nitrogen and oxygen atoms in total. The monoisotopic (exact) mass is 310 g/mol. The molecule has 1 aliphatic heterocycles. The summed E-state index contributed by atoms with van der Waals surface area (Å²) in [4.78, 5) is 25.5. The average molecular weight is 311 g/mol. The predicted octanol–water partition coefficient (Wildman–Crippen LogP) is 2.60. The molecule has 0 radical (unpaired) electrons. The molecule has 2 amide bonds. The van der Waals surface area contributed by atoms with Gasteiger partial charge in [0, 0.05) is 17.1 Å². The van der Waals surface area contributed by atoms with Crippen molar-refractivity contribution in [2.24, 2.45) is 0 Å². The number of aryl methyl sites for hydroxylation is 1. The van der Waals surface area contributed by atoms with Crippen molar-refractivity contribution in [3.05, 3.63) is 22.7 Å². The van der Waals surface area contributed by atoms with Gasteiger partial charge in [-0.2, -0.15) is 0 Å². The fourth-order valence-corrected chi connectivity index (χ4v) is 2.59. The highest BCUT2D eigenvalue weighted by atomic mass is 35.5. The second-order valence-electron chi connectivity index (χ2n) is 5.40. The van der Waals surface area contributed by atoms with Crippen LogP contribution in [0.2, 0.25) is 5.02 Å². The number of methoxy groups -OCH3 is 1. The van der Waals surface area contributed by atoms with E-state index < -0.39 is 6.04 Å². The summed E-state index contributed by atoms with van der Waals surface area (Å²) in [5.74, 6) is 0.190. The maximum atomic E-state index is 12.3. The number of amides is 2. The number of likely N-dealkylation sites (tertiary alicyclic amines) is 1. The third-order valence-corrected chi connectivity index (χ3v) is 3.92. The number of imide groups is 1. The number of ether oxygens (including phenoxy) is 1. The van der Waals surface area contributed by atoms with Crippen LogP contribution in [0.1, 0.15) is 25.8 Å². The second kappa shape index (κ2) is 5.93. The Morgan fingerprint density at radius 1 is 1.38 bits per heavy atom. The minimum atomic E-state index is -0.561. The number of anilines is 1. The number of rotatable bonds is 4. The van der Waals surface area contributed by atoms with Gasteiger partial charge in [0.25, 0.3) is 5.91 Å². The normalized spacial score (nSPS) is 18.6. The van der Waals surface area contributed by atoms with Gasteiger partial charge in [0.1, 0.15) is 11.8 Å². The van der Waals surface area contributed by atoms with Gasteiger partial charge in [-0.05, 0) is 32.4 Å². The first kappa shape index (κ1) is 15.6. The lowest BCUT2D eigenvalue weighted by Crippen LogP contribution is -2.39. The molecule has 0 saturated carbocycles. The van der Waals surface area contributed by atoms with E-state index in [0.717, 1.165) is 5.56 Å². The van der Waals surface area contributed by atoms with Crippen LogP contribution in [0.5, 0.6) is 5.75 Å². The van der Waals surface area contributed by atoms with Gasteiger partial charge >= 0.3 is 0 Å². The van der Waals surface area contributed by atoms with E-state index in [9.17, 15) is 9.59 Å². The molecule has 21 heavy (non-hydrogen) atoms. The summed E-state index contributed by atoms with van der Waals surface area (Å²) in [7, 11) is 1.54. The lowest BCUT2D eigenvalue weighted by atomic mass is 10.1. The fraction of sp³-hybridized carbons (Fsp3) is 0.467. The van der Waals surface area contributed by atoms with Crippen molar-refractivity contribution < 1.29 is 14.3 Å². The third kappa shape index (κ3) is 2.97. The Labute approximate surface area is 129 Å². The Morgan fingerprint density at radius 3 is 2.57 bits per heavy atom. The number of benzene rings is 1. The van der Waals surface area contributed by atoms with E-state index in [-0.39, 0.29) is 24.3 Å². The number of halogens is 1. The van der Waals surface area contributed by atoms with Crippen molar-refractivity contribution in [1.82, 2.24) is 4.90 Å². The van der Waals surface area contributed by atoms with Crippen molar-refractivity contribution in [1.29, 1.82) is 0 Å². The molecule has 1 aliphatic rings. The summed E-state index contributed by atoms with van der Waals surface area (Å²) >= 11 is 6.06. The maximum absolute atomic E-state index is 12.3. The highest BCUT2D eigenvalue weighted by Crippen LogP contribution is 2.32. The molecule has 1 N–H and O–H groups in total. The molecule has 0 aromatic heterocycles. The number of nitrogens with zero attached hydrogens (tertiary/aromatic N) is 1. The smallest absolute Gasteiger partial charge is 0.252 e. The van der Waals surface area contributed by atoms with E-state index in [1.165, 1.54) is 12.0 Å². The quantitative estimate of drug-likeness (QED) is 0.869. The largest absolute Gasteiger partial charge is 0.495 e. The molecule has 1 saturated heterocycles. The summed E-state index contributed by atoms with van der Waals surface area (Å²) in [6.07, 6.45) is 0.155. The molecule has 6 heteroatoms. The van der Waals surface area contributed by atoms with Crippen LogP contribution >= 0.6 is 11.6 Å². The van der Waals surface area contributed by atoms with Crippen LogP contribution in [-0.2, 0) is 9.59 Å². The van der Waals surface area contributed by atoms with E-state index in [4.69, 9.17) is 16.3 Å². The number of carbonyl (C=O) groups is 2. The fourth-order valence-electron chi connectivity index (χ4n) is 2.44. The summed E-state index contributed by atoms with van der Waals surface area (Å²) in [5.41, 5.74) is 1.54. The molecule has 1 heterocycles. The second-order valence-corrected chi connectivity index (χ2v) is 5.81. The molecule has 2 rings (SSSR count). The van der Waals surface area contributed by atoms with E-state index in [2.05, 4.69) is 5.32 Å². The maximum Gasteiger partial charge on any atom is 0.252 e. The average Bonchev–Trinajstić information content (AvgIpc) is 2.68. The standard InChI is InChI=1S/C15H19ClN2O3/c1-8(2)18-14(19)7-12(15(18)20)17-11-5-9(3)10(16)6-13(11)21-4/h5-6,8,12,17H,7H2,1-4H3. The lowest BCUT2D eigenvalue weighted by molar-refractivity contribution is -0.140. The summed E-state index contributed by atoms with van der Waals surface area (Å²) < 4.78 is 5.27. The molecular weight excluding hydrogens is 292 g/mol. The molecule has 1 aromatic carbocycles. The van der Waals surface area contributed by atoms with Crippen molar-refractivity contribution in [2.45, 2.75) is 39.3 Å². The Bertz CT molecular complexity index is 587. The molecule has 0 bridgehead atoms. The van der Waals surface area contributed by atoms with Crippen LogP contribution in [0.3, 0.4) is 0 Å². The molecule has 1 unspecified atom stereocenters. The molecule has 1 atom stereocenters. The Kier molecular flexibility index (Phi) is 4.42. The van der Waals surface area contributed by atoms with Gasteiger partial charge in [0.15, 0.2) is 0 Å². The molecule has 0 aliphatic carbocycles. The lowest BCUT2D eigenvalue weighted by Gasteiger charge is -2.20. The van der Waals surface area contributed by atoms with Crippen LogP contribution in [-0.4, -0.2) is 35.9 Å². The van der Waals surface area contributed by atoms with Crippen LogP contribution in [0.15, 0.2) is 12.1 Å². The zero-order chi connectivity index (χ0) is 15.7. The summed E-state index contributed by atoms with van der Waals surface area (Å²) in [5, 5.41) is 3.69. The van der Waals surface area contributed by atoms with Crippen molar-refractivity contribution in [2.75, 3.05) is 12.4 Å². The van der Waals surface area contributed by atoms with Crippen LogP contribution in [0.4, 0.5) is 5.69 Å². The van der Waals surface area contributed by atoms with E-state index in [0.29, 0.717) is 16.5 Å². The number of hydrogen-bond acceptors (Lipinski definition) is 4. The Balaban J connectivity index is 2.25.